The van der Waals surface area contributed by atoms with Crippen molar-refractivity contribution < 1.29 is 14.3 Å². The number of halogens is 1. The second kappa shape index (κ2) is 7.26. The van der Waals surface area contributed by atoms with Gasteiger partial charge in [0.05, 0.1) is 19.9 Å². The lowest BCUT2D eigenvalue weighted by Crippen LogP contribution is -2.20. The number of anilines is 1. The van der Waals surface area contributed by atoms with Gasteiger partial charge in [-0.15, -0.1) is 0 Å². The van der Waals surface area contributed by atoms with Crippen LogP contribution < -0.4 is 9.64 Å². The zero-order valence-corrected chi connectivity index (χ0v) is 12.5. The first kappa shape index (κ1) is 14.8. The van der Waals surface area contributed by atoms with E-state index in [4.69, 9.17) is 4.74 Å². The Labute approximate surface area is 116 Å². The zero-order chi connectivity index (χ0) is 13.5. The minimum atomic E-state index is -0.176. The Bertz CT molecular complexity index is 409. The summed E-state index contributed by atoms with van der Waals surface area (Å²) in [5.41, 5.74) is 0.997. The summed E-state index contributed by atoms with van der Waals surface area (Å²) in [4.78, 5) is 13.1. The molecular formula is C13H18BrNO3. The molecule has 1 aromatic rings. The van der Waals surface area contributed by atoms with Gasteiger partial charge < -0.3 is 14.4 Å². The lowest BCUT2D eigenvalue weighted by Gasteiger charge is -2.21. The average molecular weight is 316 g/mol. The Morgan fingerprint density at radius 3 is 2.72 bits per heavy atom. The first-order chi connectivity index (χ1) is 8.58. The normalized spacial score (nSPS) is 10.0. The molecule has 0 unspecified atom stereocenters. The second-order valence-electron chi connectivity index (χ2n) is 3.92. The second-order valence-corrected chi connectivity index (χ2v) is 4.83. The van der Waals surface area contributed by atoms with Crippen LogP contribution in [0.2, 0.25) is 0 Å². The summed E-state index contributed by atoms with van der Waals surface area (Å²) in [6, 6.07) is 5.85. The molecule has 0 amide bonds. The van der Waals surface area contributed by atoms with E-state index in [2.05, 4.69) is 25.6 Å². The fourth-order valence-electron chi connectivity index (χ4n) is 1.64. The van der Waals surface area contributed by atoms with Crippen LogP contribution in [0.1, 0.15) is 12.8 Å². The number of nitrogens with zero attached hydrogens (tertiary/aromatic N) is 1. The van der Waals surface area contributed by atoms with Gasteiger partial charge in [-0.3, -0.25) is 4.79 Å². The smallest absolute Gasteiger partial charge is 0.305 e. The molecule has 18 heavy (non-hydrogen) atoms. The van der Waals surface area contributed by atoms with Gasteiger partial charge in [0.25, 0.3) is 0 Å². The van der Waals surface area contributed by atoms with Gasteiger partial charge in [0.1, 0.15) is 5.75 Å². The molecule has 1 rings (SSSR count). The van der Waals surface area contributed by atoms with Gasteiger partial charge in [-0.1, -0.05) is 15.9 Å². The SMILES string of the molecule is COC(=O)CCCN(C)c1cc(Br)ccc1OC. The summed E-state index contributed by atoms with van der Waals surface area (Å²) < 4.78 is 10.9. The Kier molecular flexibility index (Phi) is 5.98. The number of hydrogen-bond acceptors (Lipinski definition) is 4. The van der Waals surface area contributed by atoms with Crippen LogP contribution in [0.15, 0.2) is 22.7 Å². The van der Waals surface area contributed by atoms with E-state index >= 15 is 0 Å². The van der Waals surface area contributed by atoms with Gasteiger partial charge >= 0.3 is 5.97 Å². The van der Waals surface area contributed by atoms with Gasteiger partial charge in [0.2, 0.25) is 0 Å². The zero-order valence-electron chi connectivity index (χ0n) is 10.9. The summed E-state index contributed by atoms with van der Waals surface area (Å²) in [6.45, 7) is 0.766. The number of esters is 1. The molecule has 0 aliphatic heterocycles. The topological polar surface area (TPSA) is 38.8 Å². The molecule has 0 N–H and O–H groups in total. The molecule has 0 aromatic heterocycles. The summed E-state index contributed by atoms with van der Waals surface area (Å²) in [6.07, 6.45) is 1.18. The standard InChI is InChI=1S/C13H18BrNO3/c1-15(8-4-5-13(16)18-3)11-9-10(14)6-7-12(11)17-2/h6-7,9H,4-5,8H2,1-3H3. The molecule has 4 nitrogen and oxygen atoms in total. The van der Waals surface area contributed by atoms with Gasteiger partial charge in [-0.2, -0.15) is 0 Å². The van der Waals surface area contributed by atoms with E-state index in [1.54, 1.807) is 7.11 Å². The number of benzene rings is 1. The minimum absolute atomic E-state index is 0.176. The third-order valence-corrected chi connectivity index (χ3v) is 3.15. The van der Waals surface area contributed by atoms with Crippen LogP contribution in [0.5, 0.6) is 5.75 Å². The van der Waals surface area contributed by atoms with Crippen molar-refractivity contribution in [3.63, 3.8) is 0 Å². The van der Waals surface area contributed by atoms with E-state index < -0.39 is 0 Å². The van der Waals surface area contributed by atoms with Crippen molar-refractivity contribution >= 4 is 27.6 Å². The van der Waals surface area contributed by atoms with Gasteiger partial charge in [-0.25, -0.2) is 0 Å². The van der Waals surface area contributed by atoms with Crippen LogP contribution in [0.25, 0.3) is 0 Å². The minimum Gasteiger partial charge on any atom is -0.495 e. The quantitative estimate of drug-likeness (QED) is 0.757. The van der Waals surface area contributed by atoms with E-state index in [1.165, 1.54) is 7.11 Å². The van der Waals surface area contributed by atoms with Crippen molar-refractivity contribution in [1.82, 2.24) is 0 Å². The van der Waals surface area contributed by atoms with Crippen LogP contribution in [0, 0.1) is 0 Å². The maximum absolute atomic E-state index is 11.0. The molecule has 0 bridgehead atoms. The molecule has 100 valence electrons. The number of methoxy groups -OCH3 is 2. The summed E-state index contributed by atoms with van der Waals surface area (Å²) in [5.74, 6) is 0.642. The Hall–Kier alpha value is -1.23. The van der Waals surface area contributed by atoms with Gasteiger partial charge in [0, 0.05) is 24.5 Å². The number of ether oxygens (including phenoxy) is 2. The Morgan fingerprint density at radius 2 is 2.11 bits per heavy atom. The number of carbonyl (C=O) groups excluding carboxylic acids is 1. The molecule has 1 aromatic carbocycles. The van der Waals surface area contributed by atoms with Crippen LogP contribution >= 0.6 is 15.9 Å². The first-order valence-electron chi connectivity index (χ1n) is 5.70. The van der Waals surface area contributed by atoms with Crippen molar-refractivity contribution in [3.8, 4) is 5.75 Å². The summed E-state index contributed by atoms with van der Waals surface area (Å²) in [5, 5.41) is 0. The maximum atomic E-state index is 11.0. The number of hydrogen-bond donors (Lipinski definition) is 0. The molecule has 0 spiro atoms. The van der Waals surface area contributed by atoms with Gasteiger partial charge in [-0.05, 0) is 24.6 Å². The largest absolute Gasteiger partial charge is 0.495 e. The lowest BCUT2D eigenvalue weighted by atomic mass is 10.2. The van der Waals surface area contributed by atoms with Crippen molar-refractivity contribution in [3.05, 3.63) is 22.7 Å². The van der Waals surface area contributed by atoms with E-state index in [1.807, 2.05) is 25.2 Å². The van der Waals surface area contributed by atoms with Crippen LogP contribution in [0.3, 0.4) is 0 Å². The van der Waals surface area contributed by atoms with E-state index in [9.17, 15) is 4.79 Å². The average Bonchev–Trinajstić information content (AvgIpc) is 2.38. The highest BCUT2D eigenvalue weighted by Crippen LogP contribution is 2.30. The van der Waals surface area contributed by atoms with Crippen LogP contribution in [-0.4, -0.2) is 33.8 Å². The predicted octanol–water partition coefficient (Wildman–Crippen LogP) is 2.85. The molecule has 0 aliphatic rings. The maximum Gasteiger partial charge on any atom is 0.305 e. The predicted molar refractivity (Wildman–Crippen MR) is 75.2 cm³/mol. The summed E-state index contributed by atoms with van der Waals surface area (Å²) in [7, 11) is 5.03. The number of rotatable bonds is 6. The van der Waals surface area contributed by atoms with Crippen molar-refractivity contribution in [1.29, 1.82) is 0 Å². The Balaban J connectivity index is 2.62. The Morgan fingerprint density at radius 1 is 1.39 bits per heavy atom. The molecular weight excluding hydrogens is 298 g/mol. The number of carbonyl (C=O) groups is 1. The van der Waals surface area contributed by atoms with E-state index in [0.29, 0.717) is 6.42 Å². The van der Waals surface area contributed by atoms with Crippen molar-refractivity contribution in [2.24, 2.45) is 0 Å². The van der Waals surface area contributed by atoms with E-state index in [-0.39, 0.29) is 5.97 Å². The monoisotopic (exact) mass is 315 g/mol. The first-order valence-corrected chi connectivity index (χ1v) is 6.49. The molecule has 0 aliphatic carbocycles. The molecule has 0 saturated heterocycles. The molecule has 0 atom stereocenters. The van der Waals surface area contributed by atoms with Crippen LogP contribution in [-0.2, 0) is 9.53 Å². The van der Waals surface area contributed by atoms with Crippen molar-refractivity contribution in [2.45, 2.75) is 12.8 Å². The highest BCUT2D eigenvalue weighted by atomic mass is 79.9. The highest BCUT2D eigenvalue weighted by molar-refractivity contribution is 9.10. The summed E-state index contributed by atoms with van der Waals surface area (Å²) >= 11 is 3.44. The van der Waals surface area contributed by atoms with Gasteiger partial charge in [0.15, 0.2) is 0 Å². The lowest BCUT2D eigenvalue weighted by molar-refractivity contribution is -0.140. The fraction of sp³-hybridized carbons (Fsp3) is 0.462. The highest BCUT2D eigenvalue weighted by Gasteiger charge is 2.09. The molecule has 0 fully saturated rings. The van der Waals surface area contributed by atoms with Crippen molar-refractivity contribution in [2.75, 3.05) is 32.7 Å². The van der Waals surface area contributed by atoms with E-state index in [0.717, 1.165) is 28.9 Å². The molecule has 5 heteroatoms. The third-order valence-electron chi connectivity index (χ3n) is 2.65. The molecule has 0 radical (unpaired) electrons. The molecule has 0 heterocycles. The third kappa shape index (κ3) is 4.22. The molecule has 0 saturated carbocycles. The fourth-order valence-corrected chi connectivity index (χ4v) is 1.99. The van der Waals surface area contributed by atoms with Crippen LogP contribution in [0.4, 0.5) is 5.69 Å².